The van der Waals surface area contributed by atoms with Crippen LogP contribution in [0.25, 0.3) is 0 Å². The molecule has 1 atom stereocenters. The number of nitrogens with one attached hydrogen (secondary N) is 1. The summed E-state index contributed by atoms with van der Waals surface area (Å²) in [5.74, 6) is 0. The van der Waals surface area contributed by atoms with Crippen molar-refractivity contribution in [2.45, 2.75) is 24.5 Å². The summed E-state index contributed by atoms with van der Waals surface area (Å²) in [5, 5.41) is 11.8. The van der Waals surface area contributed by atoms with E-state index in [4.69, 9.17) is 14.7 Å². The molecular formula is C9H14N2O2. The lowest BCUT2D eigenvalue weighted by molar-refractivity contribution is -0.129. The van der Waals surface area contributed by atoms with E-state index in [0.29, 0.717) is 6.61 Å². The van der Waals surface area contributed by atoms with Gasteiger partial charge in [-0.25, -0.2) is 0 Å². The van der Waals surface area contributed by atoms with Gasteiger partial charge in [0.1, 0.15) is 6.04 Å². The topological polar surface area (TPSA) is 54.3 Å². The fourth-order valence-corrected chi connectivity index (χ4v) is 1.83. The molecule has 0 amide bonds. The Balaban J connectivity index is 1.92. The lowest BCUT2D eigenvalue weighted by atomic mass is 9.92. The first-order valence-corrected chi connectivity index (χ1v) is 4.69. The molecule has 2 aliphatic heterocycles. The minimum absolute atomic E-state index is 0.0500. The minimum Gasteiger partial charge on any atom is -0.381 e. The molecule has 1 spiro atoms. The Morgan fingerprint density at radius 1 is 1.38 bits per heavy atom. The molecule has 2 heterocycles. The average Bonchev–Trinajstić information content (AvgIpc) is 2.20. The van der Waals surface area contributed by atoms with Crippen LogP contribution in [0.3, 0.4) is 0 Å². The zero-order valence-electron chi connectivity index (χ0n) is 7.58. The van der Waals surface area contributed by atoms with Crippen LogP contribution in [0.4, 0.5) is 0 Å². The molecule has 2 aliphatic rings. The second-order valence-corrected chi connectivity index (χ2v) is 3.67. The smallest absolute Gasteiger partial charge is 0.119 e. The lowest BCUT2D eigenvalue weighted by Gasteiger charge is -2.41. The fourth-order valence-electron chi connectivity index (χ4n) is 1.83. The van der Waals surface area contributed by atoms with Gasteiger partial charge in [0.25, 0.3) is 0 Å². The minimum atomic E-state index is -0.131. The van der Waals surface area contributed by atoms with Crippen molar-refractivity contribution in [2.24, 2.45) is 0 Å². The van der Waals surface area contributed by atoms with E-state index in [1.165, 1.54) is 0 Å². The molecule has 0 aromatic carbocycles. The highest BCUT2D eigenvalue weighted by Crippen LogP contribution is 2.26. The van der Waals surface area contributed by atoms with Crippen LogP contribution in [-0.2, 0) is 9.47 Å². The number of nitriles is 1. The van der Waals surface area contributed by atoms with Crippen molar-refractivity contribution in [3.8, 4) is 6.07 Å². The van der Waals surface area contributed by atoms with Gasteiger partial charge in [0.15, 0.2) is 0 Å². The van der Waals surface area contributed by atoms with Crippen molar-refractivity contribution in [1.29, 1.82) is 5.26 Å². The molecule has 1 N–H and O–H groups in total. The van der Waals surface area contributed by atoms with Gasteiger partial charge < -0.3 is 9.47 Å². The van der Waals surface area contributed by atoms with Crippen LogP contribution in [0.5, 0.6) is 0 Å². The van der Waals surface area contributed by atoms with E-state index in [2.05, 4.69) is 11.4 Å². The van der Waals surface area contributed by atoms with Gasteiger partial charge >= 0.3 is 0 Å². The maximum atomic E-state index is 8.66. The third kappa shape index (κ3) is 1.83. The molecular weight excluding hydrogens is 168 g/mol. The third-order valence-corrected chi connectivity index (χ3v) is 2.79. The number of hydrogen-bond acceptors (Lipinski definition) is 4. The highest BCUT2D eigenvalue weighted by Gasteiger charge is 2.37. The van der Waals surface area contributed by atoms with Crippen molar-refractivity contribution in [1.82, 2.24) is 5.32 Å². The van der Waals surface area contributed by atoms with Gasteiger partial charge in [0.2, 0.25) is 0 Å². The van der Waals surface area contributed by atoms with Crippen LogP contribution < -0.4 is 5.32 Å². The van der Waals surface area contributed by atoms with Crippen molar-refractivity contribution in [3.05, 3.63) is 0 Å². The van der Waals surface area contributed by atoms with Gasteiger partial charge in [0, 0.05) is 32.6 Å². The molecule has 2 saturated heterocycles. The number of morpholine rings is 1. The van der Waals surface area contributed by atoms with Gasteiger partial charge in [-0.15, -0.1) is 0 Å². The molecule has 72 valence electrons. The van der Waals surface area contributed by atoms with Gasteiger partial charge in [-0.2, -0.15) is 5.26 Å². The summed E-state index contributed by atoms with van der Waals surface area (Å²) < 4.78 is 11.0. The van der Waals surface area contributed by atoms with Crippen LogP contribution in [-0.4, -0.2) is 38.0 Å². The van der Waals surface area contributed by atoms with Crippen LogP contribution >= 0.6 is 0 Å². The fraction of sp³-hybridized carbons (Fsp3) is 0.889. The first kappa shape index (κ1) is 8.95. The predicted molar refractivity (Wildman–Crippen MR) is 46.1 cm³/mol. The van der Waals surface area contributed by atoms with E-state index >= 15 is 0 Å². The maximum Gasteiger partial charge on any atom is 0.119 e. The molecule has 2 rings (SSSR count). The Labute approximate surface area is 77.8 Å². The summed E-state index contributed by atoms with van der Waals surface area (Å²) in [5.41, 5.74) is -0.0500. The maximum absolute atomic E-state index is 8.66. The van der Waals surface area contributed by atoms with Gasteiger partial charge in [-0.1, -0.05) is 0 Å². The van der Waals surface area contributed by atoms with E-state index < -0.39 is 0 Å². The molecule has 0 aromatic heterocycles. The summed E-state index contributed by atoms with van der Waals surface area (Å²) >= 11 is 0. The van der Waals surface area contributed by atoms with E-state index in [-0.39, 0.29) is 11.6 Å². The standard InChI is InChI=1S/C9H14N2O2/c10-5-8-6-13-9(7-11-8)1-3-12-4-2-9/h8,11H,1-4,6-7H2. The highest BCUT2D eigenvalue weighted by molar-refractivity contribution is 4.98. The SMILES string of the molecule is N#CC1COC2(CCOCC2)CN1. The van der Waals surface area contributed by atoms with E-state index in [0.717, 1.165) is 32.6 Å². The van der Waals surface area contributed by atoms with E-state index in [1.54, 1.807) is 0 Å². The molecule has 4 heteroatoms. The van der Waals surface area contributed by atoms with E-state index in [1.807, 2.05) is 0 Å². The Kier molecular flexibility index (Phi) is 2.49. The van der Waals surface area contributed by atoms with Crippen molar-refractivity contribution in [3.63, 3.8) is 0 Å². The summed E-state index contributed by atoms with van der Waals surface area (Å²) in [6, 6.07) is 2.03. The Bertz CT molecular complexity index is 208. The Morgan fingerprint density at radius 3 is 2.69 bits per heavy atom. The molecule has 2 fully saturated rings. The van der Waals surface area contributed by atoms with Gasteiger partial charge in [0.05, 0.1) is 18.3 Å². The monoisotopic (exact) mass is 182 g/mol. The normalized spacial score (nSPS) is 32.7. The second kappa shape index (κ2) is 3.62. The summed E-state index contributed by atoms with van der Waals surface area (Å²) in [6.07, 6.45) is 1.89. The number of hydrogen-bond donors (Lipinski definition) is 1. The van der Waals surface area contributed by atoms with Crippen molar-refractivity contribution >= 4 is 0 Å². The first-order valence-electron chi connectivity index (χ1n) is 4.69. The van der Waals surface area contributed by atoms with E-state index in [9.17, 15) is 0 Å². The third-order valence-electron chi connectivity index (χ3n) is 2.79. The highest BCUT2D eigenvalue weighted by atomic mass is 16.5. The molecule has 1 unspecified atom stereocenters. The zero-order chi connectivity index (χ0) is 9.15. The van der Waals surface area contributed by atoms with Crippen LogP contribution in [0, 0.1) is 11.3 Å². The quantitative estimate of drug-likeness (QED) is 0.575. The molecule has 0 bridgehead atoms. The molecule has 4 nitrogen and oxygen atoms in total. The number of rotatable bonds is 0. The first-order chi connectivity index (χ1) is 6.35. The Hall–Kier alpha value is -0.630. The second-order valence-electron chi connectivity index (χ2n) is 3.67. The predicted octanol–water partition coefficient (Wildman–Crippen LogP) is 0.0476. The van der Waals surface area contributed by atoms with Crippen molar-refractivity contribution in [2.75, 3.05) is 26.4 Å². The molecule has 13 heavy (non-hydrogen) atoms. The summed E-state index contributed by atoms with van der Waals surface area (Å²) in [4.78, 5) is 0. The number of ether oxygens (including phenoxy) is 2. The molecule has 0 aliphatic carbocycles. The largest absolute Gasteiger partial charge is 0.381 e. The van der Waals surface area contributed by atoms with Gasteiger partial charge in [-0.05, 0) is 0 Å². The van der Waals surface area contributed by atoms with Gasteiger partial charge in [-0.3, -0.25) is 5.32 Å². The summed E-state index contributed by atoms with van der Waals surface area (Å²) in [7, 11) is 0. The summed E-state index contributed by atoms with van der Waals surface area (Å²) in [6.45, 7) is 2.85. The molecule has 0 saturated carbocycles. The van der Waals surface area contributed by atoms with Crippen LogP contribution in [0.1, 0.15) is 12.8 Å². The van der Waals surface area contributed by atoms with Crippen molar-refractivity contribution < 1.29 is 9.47 Å². The molecule has 0 aromatic rings. The average molecular weight is 182 g/mol. The zero-order valence-corrected chi connectivity index (χ0v) is 7.58. The molecule has 0 radical (unpaired) electrons. The lowest BCUT2D eigenvalue weighted by Crippen LogP contribution is -2.56. The number of nitrogens with zero attached hydrogens (tertiary/aromatic N) is 1. The Morgan fingerprint density at radius 2 is 2.15 bits per heavy atom. The van der Waals surface area contributed by atoms with Crippen LogP contribution in [0.15, 0.2) is 0 Å². The van der Waals surface area contributed by atoms with Crippen LogP contribution in [0.2, 0.25) is 0 Å².